The molecule has 2 rings (SSSR count). The number of aryl methyl sites for hydroxylation is 1. The quantitative estimate of drug-likeness (QED) is 0.782. The number of anilines is 2. The van der Waals surface area contributed by atoms with Crippen LogP contribution < -0.4 is 11.1 Å². The Morgan fingerprint density at radius 3 is 2.94 bits per heavy atom. The molecule has 5 heteroatoms. The van der Waals surface area contributed by atoms with Gasteiger partial charge < -0.3 is 5.73 Å². The van der Waals surface area contributed by atoms with Gasteiger partial charge in [0.2, 0.25) is 0 Å². The zero-order chi connectivity index (χ0) is 11.5. The summed E-state index contributed by atoms with van der Waals surface area (Å²) < 4.78 is 0. The highest BCUT2D eigenvalue weighted by Gasteiger charge is 2.10. The predicted molar refractivity (Wildman–Crippen MR) is 65.7 cm³/mol. The fourth-order valence-electron chi connectivity index (χ4n) is 1.39. The van der Waals surface area contributed by atoms with Crippen LogP contribution in [0.5, 0.6) is 0 Å². The van der Waals surface area contributed by atoms with Crippen LogP contribution in [0.25, 0.3) is 0 Å². The molecule has 0 bridgehead atoms. The summed E-state index contributed by atoms with van der Waals surface area (Å²) in [6.07, 6.45) is 1.65. The number of nitrogens with one attached hydrogen (secondary N) is 1. The van der Waals surface area contributed by atoms with E-state index in [-0.39, 0.29) is 5.91 Å². The molecule has 0 aliphatic rings. The molecule has 1 aromatic carbocycles. The minimum atomic E-state index is -0.160. The first kappa shape index (κ1) is 10.6. The lowest BCUT2D eigenvalue weighted by atomic mass is 10.1. The second kappa shape index (κ2) is 4.32. The summed E-state index contributed by atoms with van der Waals surface area (Å²) in [4.78, 5) is 15.8. The lowest BCUT2D eigenvalue weighted by Crippen LogP contribution is -2.13. The normalized spacial score (nSPS) is 10.1. The molecular formula is C11H11N3OS. The first-order chi connectivity index (χ1) is 7.66. The highest BCUT2D eigenvalue weighted by atomic mass is 32.1. The van der Waals surface area contributed by atoms with Gasteiger partial charge in [0.25, 0.3) is 5.91 Å². The third kappa shape index (κ3) is 2.20. The number of nitrogen functional groups attached to an aromatic ring is 1. The molecule has 0 aliphatic carbocycles. The van der Waals surface area contributed by atoms with E-state index in [1.807, 2.05) is 12.3 Å². The zero-order valence-corrected chi connectivity index (χ0v) is 9.54. The van der Waals surface area contributed by atoms with Gasteiger partial charge in [0.1, 0.15) is 0 Å². The third-order valence-electron chi connectivity index (χ3n) is 2.15. The first-order valence-electron chi connectivity index (χ1n) is 4.74. The third-order valence-corrected chi connectivity index (χ3v) is 2.84. The van der Waals surface area contributed by atoms with E-state index in [9.17, 15) is 4.79 Å². The monoisotopic (exact) mass is 233 g/mol. The number of amides is 1. The van der Waals surface area contributed by atoms with E-state index in [0.29, 0.717) is 16.4 Å². The van der Waals surface area contributed by atoms with E-state index in [1.165, 1.54) is 11.3 Å². The van der Waals surface area contributed by atoms with Gasteiger partial charge in [-0.15, -0.1) is 11.3 Å². The van der Waals surface area contributed by atoms with Crippen LogP contribution in [0.3, 0.4) is 0 Å². The van der Waals surface area contributed by atoms with Crippen LogP contribution in [0.4, 0.5) is 10.8 Å². The summed E-state index contributed by atoms with van der Waals surface area (Å²) in [5.41, 5.74) is 7.75. The molecule has 0 fully saturated rings. The number of benzene rings is 1. The number of carbonyl (C=O) groups excluding carboxylic acids is 1. The maximum atomic E-state index is 11.9. The standard InChI is InChI=1S/C11H11N3OS/c1-7-6-8(12)2-3-9(7)10(15)14-11-13-4-5-16-11/h2-6H,12H2,1H3,(H,13,14,15). The van der Waals surface area contributed by atoms with E-state index >= 15 is 0 Å². The van der Waals surface area contributed by atoms with Crippen molar-refractivity contribution >= 4 is 28.1 Å². The molecule has 4 nitrogen and oxygen atoms in total. The van der Waals surface area contributed by atoms with Crippen LogP contribution in [0.15, 0.2) is 29.8 Å². The smallest absolute Gasteiger partial charge is 0.257 e. The Hall–Kier alpha value is -1.88. The van der Waals surface area contributed by atoms with Crippen LogP contribution in [0.1, 0.15) is 15.9 Å². The maximum Gasteiger partial charge on any atom is 0.257 e. The van der Waals surface area contributed by atoms with Gasteiger partial charge in [0.15, 0.2) is 5.13 Å². The van der Waals surface area contributed by atoms with Crippen molar-refractivity contribution in [1.82, 2.24) is 4.98 Å². The van der Waals surface area contributed by atoms with Gasteiger partial charge >= 0.3 is 0 Å². The molecule has 16 heavy (non-hydrogen) atoms. The van der Waals surface area contributed by atoms with E-state index < -0.39 is 0 Å². The summed E-state index contributed by atoms with van der Waals surface area (Å²) in [7, 11) is 0. The molecule has 0 unspecified atom stereocenters. The second-order valence-electron chi connectivity index (χ2n) is 3.37. The Morgan fingerprint density at radius 1 is 1.50 bits per heavy atom. The van der Waals surface area contributed by atoms with E-state index in [0.717, 1.165) is 5.56 Å². The minimum Gasteiger partial charge on any atom is -0.399 e. The number of hydrogen-bond donors (Lipinski definition) is 2. The number of aromatic nitrogens is 1. The number of rotatable bonds is 2. The average molecular weight is 233 g/mol. The van der Waals surface area contributed by atoms with Crippen molar-refractivity contribution in [2.45, 2.75) is 6.92 Å². The number of thiazole rings is 1. The van der Waals surface area contributed by atoms with Gasteiger partial charge in [-0.05, 0) is 30.7 Å². The Balaban J connectivity index is 2.21. The lowest BCUT2D eigenvalue weighted by Gasteiger charge is -2.05. The molecule has 0 spiro atoms. The Bertz CT molecular complexity index is 508. The number of hydrogen-bond acceptors (Lipinski definition) is 4. The summed E-state index contributed by atoms with van der Waals surface area (Å²) in [6.45, 7) is 1.85. The van der Waals surface area contributed by atoms with Gasteiger partial charge in [-0.25, -0.2) is 4.98 Å². The summed E-state index contributed by atoms with van der Waals surface area (Å²) in [5.74, 6) is -0.160. The molecule has 0 saturated heterocycles. The van der Waals surface area contributed by atoms with Crippen molar-refractivity contribution in [3.05, 3.63) is 40.9 Å². The van der Waals surface area contributed by atoms with Crippen molar-refractivity contribution in [2.24, 2.45) is 0 Å². The molecule has 0 radical (unpaired) electrons. The predicted octanol–water partition coefficient (Wildman–Crippen LogP) is 2.29. The van der Waals surface area contributed by atoms with Crippen molar-refractivity contribution < 1.29 is 4.79 Å². The largest absolute Gasteiger partial charge is 0.399 e. The number of nitrogens with zero attached hydrogens (tertiary/aromatic N) is 1. The summed E-state index contributed by atoms with van der Waals surface area (Å²) in [5, 5.41) is 5.14. The van der Waals surface area contributed by atoms with Crippen LogP contribution in [-0.2, 0) is 0 Å². The number of nitrogens with two attached hydrogens (primary N) is 1. The van der Waals surface area contributed by atoms with Crippen LogP contribution in [0, 0.1) is 6.92 Å². The maximum absolute atomic E-state index is 11.9. The van der Waals surface area contributed by atoms with Gasteiger partial charge in [-0.3, -0.25) is 10.1 Å². The molecule has 82 valence electrons. The van der Waals surface area contributed by atoms with E-state index in [2.05, 4.69) is 10.3 Å². The van der Waals surface area contributed by atoms with Crippen molar-refractivity contribution in [2.75, 3.05) is 11.1 Å². The van der Waals surface area contributed by atoms with Crippen molar-refractivity contribution in [1.29, 1.82) is 0 Å². The van der Waals surface area contributed by atoms with E-state index in [4.69, 9.17) is 5.73 Å². The number of carbonyl (C=O) groups is 1. The topological polar surface area (TPSA) is 68.0 Å². The minimum absolute atomic E-state index is 0.160. The van der Waals surface area contributed by atoms with Gasteiger partial charge in [0, 0.05) is 22.8 Å². The Morgan fingerprint density at radius 2 is 2.31 bits per heavy atom. The van der Waals surface area contributed by atoms with Crippen LogP contribution in [0.2, 0.25) is 0 Å². The van der Waals surface area contributed by atoms with Gasteiger partial charge in [0.05, 0.1) is 0 Å². The molecular weight excluding hydrogens is 222 g/mol. The molecule has 3 N–H and O–H groups in total. The SMILES string of the molecule is Cc1cc(N)ccc1C(=O)Nc1nccs1. The van der Waals surface area contributed by atoms with E-state index in [1.54, 1.807) is 24.4 Å². The molecule has 2 aromatic rings. The second-order valence-corrected chi connectivity index (χ2v) is 4.26. The lowest BCUT2D eigenvalue weighted by molar-refractivity contribution is 0.102. The highest BCUT2D eigenvalue weighted by molar-refractivity contribution is 7.13. The van der Waals surface area contributed by atoms with Crippen LogP contribution >= 0.6 is 11.3 Å². The zero-order valence-electron chi connectivity index (χ0n) is 8.73. The summed E-state index contributed by atoms with van der Waals surface area (Å²) in [6, 6.07) is 5.20. The van der Waals surface area contributed by atoms with Gasteiger partial charge in [-0.1, -0.05) is 0 Å². The Kier molecular flexibility index (Phi) is 2.87. The molecule has 0 aliphatic heterocycles. The fourth-order valence-corrected chi connectivity index (χ4v) is 1.92. The first-order valence-corrected chi connectivity index (χ1v) is 5.62. The molecule has 0 atom stereocenters. The molecule has 1 heterocycles. The average Bonchev–Trinajstić information content (AvgIpc) is 2.70. The Labute approximate surface area is 97.1 Å². The molecule has 0 saturated carbocycles. The molecule has 1 amide bonds. The van der Waals surface area contributed by atoms with Crippen molar-refractivity contribution in [3.8, 4) is 0 Å². The molecule has 1 aromatic heterocycles. The van der Waals surface area contributed by atoms with Gasteiger partial charge in [-0.2, -0.15) is 0 Å². The van der Waals surface area contributed by atoms with Crippen LogP contribution in [-0.4, -0.2) is 10.9 Å². The fraction of sp³-hybridized carbons (Fsp3) is 0.0909. The van der Waals surface area contributed by atoms with Crippen molar-refractivity contribution in [3.63, 3.8) is 0 Å². The highest BCUT2D eigenvalue weighted by Crippen LogP contribution is 2.16. The summed E-state index contributed by atoms with van der Waals surface area (Å²) >= 11 is 1.39.